The molecule has 2 heterocycles. The number of nitrogen functional groups attached to an aromatic ring is 1. The summed E-state index contributed by atoms with van der Waals surface area (Å²) in [7, 11) is 0. The Morgan fingerprint density at radius 2 is 2.06 bits per heavy atom. The highest BCUT2D eigenvalue weighted by Gasteiger charge is 2.45. The van der Waals surface area contributed by atoms with E-state index >= 15 is 0 Å². The molecular weight excluding hydrogens is 428 g/mol. The normalized spacial score (nSPS) is 20.7. The van der Waals surface area contributed by atoms with E-state index < -0.39 is 0 Å². The van der Waals surface area contributed by atoms with Crippen LogP contribution >= 0.6 is 23.4 Å². The predicted molar refractivity (Wildman–Crippen MR) is 131 cm³/mol. The molecule has 0 unspecified atom stereocenters. The molecule has 4 N–H and O–H groups in total. The molecule has 0 saturated carbocycles. The summed E-state index contributed by atoms with van der Waals surface area (Å²) in [5.41, 5.74) is 15.3. The first-order chi connectivity index (χ1) is 14.9. The van der Waals surface area contributed by atoms with Gasteiger partial charge >= 0.3 is 0 Å². The van der Waals surface area contributed by atoms with Gasteiger partial charge in [-0.1, -0.05) is 47.6 Å². The molecule has 1 aliphatic heterocycles. The summed E-state index contributed by atoms with van der Waals surface area (Å²) in [6.45, 7) is 7.46. The van der Waals surface area contributed by atoms with Crippen LogP contribution in [0, 0.1) is 5.41 Å². The maximum absolute atomic E-state index is 6.69. The fourth-order valence-corrected chi connectivity index (χ4v) is 5.54. The number of fused-ring (bicyclic) bond motifs is 1. The molecule has 2 aromatic rings. The summed E-state index contributed by atoms with van der Waals surface area (Å²) < 4.78 is 0. The Bertz CT molecular complexity index is 1040. The number of pyridine rings is 1. The first kappa shape index (κ1) is 21.9. The first-order valence-electron chi connectivity index (χ1n) is 10.3. The summed E-state index contributed by atoms with van der Waals surface area (Å²) in [5, 5.41) is 1.28. The maximum Gasteiger partial charge on any atom is 0.146 e. The van der Waals surface area contributed by atoms with Crippen LogP contribution in [0.5, 0.6) is 0 Å². The highest BCUT2D eigenvalue weighted by Crippen LogP contribution is 2.50. The number of hydrogen-bond acceptors (Lipinski definition) is 7. The van der Waals surface area contributed by atoms with E-state index in [1.807, 2.05) is 13.0 Å². The van der Waals surface area contributed by atoms with Crippen LogP contribution in [-0.4, -0.2) is 34.7 Å². The second-order valence-electron chi connectivity index (χ2n) is 8.11. The number of aliphatic imine (C=N–C) groups is 2. The monoisotopic (exact) mass is 454 g/mol. The number of benzene rings is 1. The summed E-state index contributed by atoms with van der Waals surface area (Å²) in [5.74, 6) is 1.09. The Kier molecular flexibility index (Phi) is 6.36. The number of nitrogens with zero attached hydrogens (tertiary/aromatic N) is 4. The molecule has 0 amide bonds. The zero-order valence-electron chi connectivity index (χ0n) is 17.6. The lowest BCUT2D eigenvalue weighted by Gasteiger charge is -2.42. The van der Waals surface area contributed by atoms with Gasteiger partial charge in [0.05, 0.1) is 16.3 Å². The van der Waals surface area contributed by atoms with E-state index in [4.69, 9.17) is 23.1 Å². The molecule has 1 saturated heterocycles. The van der Waals surface area contributed by atoms with E-state index in [-0.39, 0.29) is 11.5 Å². The highest BCUT2D eigenvalue weighted by molar-refractivity contribution is 8.14. The highest BCUT2D eigenvalue weighted by atomic mass is 35.5. The topological polar surface area (TPSA) is 92.9 Å². The van der Waals surface area contributed by atoms with Crippen LogP contribution in [0.3, 0.4) is 0 Å². The average Bonchev–Trinajstić information content (AvgIpc) is 3.04. The molecule has 1 fully saturated rings. The number of aromatic nitrogens is 1. The van der Waals surface area contributed by atoms with E-state index in [0.717, 1.165) is 48.1 Å². The van der Waals surface area contributed by atoms with Crippen molar-refractivity contribution in [2.75, 3.05) is 18.8 Å². The fraction of sp³-hybridized carbons (Fsp3) is 0.348. The summed E-state index contributed by atoms with van der Waals surface area (Å²) in [6, 6.07) is 10.5. The van der Waals surface area contributed by atoms with Gasteiger partial charge in [0, 0.05) is 30.2 Å². The van der Waals surface area contributed by atoms with Crippen LogP contribution in [0.1, 0.15) is 36.9 Å². The third-order valence-electron chi connectivity index (χ3n) is 6.34. The van der Waals surface area contributed by atoms with Gasteiger partial charge in [0.2, 0.25) is 0 Å². The predicted octanol–water partition coefficient (Wildman–Crippen LogP) is 4.67. The van der Waals surface area contributed by atoms with Crippen molar-refractivity contribution in [1.82, 2.24) is 9.88 Å². The molecule has 0 bridgehead atoms. The number of likely N-dealkylation sites (tertiary alicyclic amines) is 1. The number of anilines is 1. The first-order valence-corrected chi connectivity index (χ1v) is 11.5. The van der Waals surface area contributed by atoms with E-state index in [1.54, 1.807) is 12.4 Å². The lowest BCUT2D eigenvalue weighted by molar-refractivity contribution is 0.109. The van der Waals surface area contributed by atoms with Crippen LogP contribution in [-0.2, 0) is 6.42 Å². The minimum absolute atomic E-state index is 0.101. The van der Waals surface area contributed by atoms with Gasteiger partial charge in [-0.3, -0.25) is 4.99 Å². The molecule has 1 spiro atoms. The number of rotatable bonds is 4. The van der Waals surface area contributed by atoms with E-state index in [0.29, 0.717) is 10.8 Å². The minimum Gasteiger partial charge on any atom is -0.382 e. The van der Waals surface area contributed by atoms with Gasteiger partial charge < -0.3 is 16.4 Å². The van der Waals surface area contributed by atoms with Crippen molar-refractivity contribution in [3.63, 3.8) is 0 Å². The van der Waals surface area contributed by atoms with E-state index in [2.05, 4.69) is 50.9 Å². The average molecular weight is 455 g/mol. The van der Waals surface area contributed by atoms with Gasteiger partial charge in [-0.2, -0.15) is 0 Å². The smallest absolute Gasteiger partial charge is 0.146 e. The number of nitrogens with two attached hydrogens (primary N) is 2. The molecule has 2 aliphatic rings. The molecule has 162 valence electrons. The molecule has 6 nitrogen and oxygen atoms in total. The van der Waals surface area contributed by atoms with Crippen molar-refractivity contribution in [2.24, 2.45) is 21.1 Å². The molecule has 1 aromatic heterocycles. The molecule has 1 aromatic carbocycles. The van der Waals surface area contributed by atoms with Gasteiger partial charge in [0.1, 0.15) is 11.6 Å². The SMILES string of the molecule is C=N/C(=C\N=C(C)Sc1ccnc(N)c1Cl)N1CCC2(CC1)Cc1ccccc1[C@@H]2N. The van der Waals surface area contributed by atoms with Crippen molar-refractivity contribution in [2.45, 2.75) is 37.1 Å². The third-order valence-corrected chi connectivity index (χ3v) is 7.81. The number of halogens is 1. The summed E-state index contributed by atoms with van der Waals surface area (Å²) in [4.78, 5) is 15.9. The largest absolute Gasteiger partial charge is 0.382 e. The number of thioether (sulfide) groups is 1. The molecule has 8 heteroatoms. The Balaban J connectivity index is 1.42. The van der Waals surface area contributed by atoms with E-state index in [1.165, 1.54) is 22.9 Å². The van der Waals surface area contributed by atoms with Crippen molar-refractivity contribution in [1.29, 1.82) is 0 Å². The Hall–Kier alpha value is -2.35. The molecule has 1 aliphatic carbocycles. The van der Waals surface area contributed by atoms with Crippen LogP contribution in [0.4, 0.5) is 5.82 Å². The molecular formula is C23H27ClN6S. The number of piperidine rings is 1. The fourth-order valence-electron chi connectivity index (χ4n) is 4.56. The Morgan fingerprint density at radius 3 is 2.77 bits per heavy atom. The van der Waals surface area contributed by atoms with Crippen LogP contribution in [0.2, 0.25) is 5.02 Å². The molecule has 1 atom stereocenters. The molecule has 0 radical (unpaired) electrons. The van der Waals surface area contributed by atoms with Crippen LogP contribution in [0.15, 0.2) is 63.4 Å². The van der Waals surface area contributed by atoms with Gasteiger partial charge in [-0.15, -0.1) is 0 Å². The number of hydrogen-bond donors (Lipinski definition) is 2. The van der Waals surface area contributed by atoms with Gasteiger partial charge in [-0.25, -0.2) is 9.98 Å². The minimum atomic E-state index is 0.101. The van der Waals surface area contributed by atoms with Crippen LogP contribution < -0.4 is 11.5 Å². The Morgan fingerprint density at radius 1 is 1.32 bits per heavy atom. The van der Waals surface area contributed by atoms with Gasteiger partial charge in [0.15, 0.2) is 0 Å². The lowest BCUT2D eigenvalue weighted by atomic mass is 9.73. The van der Waals surface area contributed by atoms with Crippen molar-refractivity contribution >= 4 is 40.9 Å². The second kappa shape index (κ2) is 9.02. The van der Waals surface area contributed by atoms with Gasteiger partial charge in [0.25, 0.3) is 0 Å². The van der Waals surface area contributed by atoms with Crippen molar-refractivity contribution < 1.29 is 0 Å². The molecule has 4 rings (SSSR count). The third kappa shape index (κ3) is 4.35. The second-order valence-corrected chi connectivity index (χ2v) is 9.72. The Labute approximate surface area is 192 Å². The standard InChI is InChI=1S/C23H27ClN6S/c1-15(31-18-7-10-28-22(26)20(18)24)29-14-19(27-2)30-11-8-23(9-12-30)13-16-5-3-4-6-17(16)21(23)25/h3-7,10,14,21H,2,8-9,11-13,25H2,1H3,(H2,26,28)/b19-14+,29-15?/t21-/m0/s1. The quantitative estimate of drug-likeness (QED) is 0.398. The van der Waals surface area contributed by atoms with Crippen molar-refractivity contribution in [3.8, 4) is 0 Å². The van der Waals surface area contributed by atoms with Crippen molar-refractivity contribution in [3.05, 3.63) is 64.7 Å². The zero-order chi connectivity index (χ0) is 22.0. The van der Waals surface area contributed by atoms with E-state index in [9.17, 15) is 0 Å². The van der Waals surface area contributed by atoms with Crippen LogP contribution in [0.25, 0.3) is 0 Å². The summed E-state index contributed by atoms with van der Waals surface area (Å²) >= 11 is 7.68. The van der Waals surface area contributed by atoms with Gasteiger partial charge in [-0.05, 0) is 55.5 Å². The summed E-state index contributed by atoms with van der Waals surface area (Å²) in [6.07, 6.45) is 6.52. The zero-order valence-corrected chi connectivity index (χ0v) is 19.2. The maximum atomic E-state index is 6.69. The molecule has 31 heavy (non-hydrogen) atoms. The lowest BCUT2D eigenvalue weighted by Crippen LogP contribution is -2.43.